The van der Waals surface area contributed by atoms with Crippen LogP contribution < -0.4 is 0 Å². The molecule has 0 saturated heterocycles. The van der Waals surface area contributed by atoms with Gasteiger partial charge in [-0.15, -0.1) is 0 Å². The van der Waals surface area contributed by atoms with Crippen LogP contribution in [0.3, 0.4) is 0 Å². The van der Waals surface area contributed by atoms with Gasteiger partial charge in [0.2, 0.25) is 0 Å². The molecule has 0 nitrogen and oxygen atoms in total. The van der Waals surface area contributed by atoms with Gasteiger partial charge >= 0.3 is 0 Å². The molecule has 0 aromatic heterocycles. The molecule has 0 aromatic rings. The number of rotatable bonds is 2. The fourth-order valence-corrected chi connectivity index (χ4v) is 1.72. The Morgan fingerprint density at radius 2 is 1.90 bits per heavy atom. The van der Waals surface area contributed by atoms with E-state index >= 15 is 0 Å². The van der Waals surface area contributed by atoms with Crippen molar-refractivity contribution >= 4 is 0 Å². The average Bonchev–Trinajstić information content (AvgIpc) is 2.47. The minimum absolute atomic E-state index is 0.737. The lowest BCUT2D eigenvalue weighted by molar-refractivity contribution is 0.518. The second-order valence-electron chi connectivity index (χ2n) is 4.12. The van der Waals surface area contributed by atoms with Gasteiger partial charge in [0.05, 0.1) is 0 Å². The summed E-state index contributed by atoms with van der Waals surface area (Å²) in [6, 6.07) is 0. The van der Waals surface area contributed by atoms with Crippen molar-refractivity contribution in [2.75, 3.05) is 0 Å². The van der Waals surface area contributed by atoms with E-state index in [9.17, 15) is 0 Å². The molecule has 10 heavy (non-hydrogen) atoms. The van der Waals surface area contributed by atoms with Crippen LogP contribution >= 0.6 is 0 Å². The van der Waals surface area contributed by atoms with E-state index in [1.54, 1.807) is 5.92 Å². The standard InChI is InChI=1S/C10H15/c1-10(6-7-10)8-9-4-2-3-5-9/h2-3H,4-8H2,1H3. The van der Waals surface area contributed by atoms with Crippen LogP contribution in [-0.4, -0.2) is 0 Å². The van der Waals surface area contributed by atoms with E-state index in [2.05, 4.69) is 19.1 Å². The fourth-order valence-electron chi connectivity index (χ4n) is 1.72. The highest BCUT2D eigenvalue weighted by Gasteiger charge is 2.38. The molecule has 2 aliphatic carbocycles. The summed E-state index contributed by atoms with van der Waals surface area (Å²) < 4.78 is 0. The van der Waals surface area contributed by atoms with Gasteiger partial charge < -0.3 is 0 Å². The largest absolute Gasteiger partial charge is 0.0879 e. The fraction of sp³-hybridized carbons (Fsp3) is 0.700. The zero-order valence-corrected chi connectivity index (χ0v) is 6.69. The van der Waals surface area contributed by atoms with E-state index in [0.29, 0.717) is 0 Å². The smallest absolute Gasteiger partial charge is 0.0161 e. The number of allylic oxidation sites excluding steroid dienone is 2. The molecule has 1 fully saturated rings. The highest BCUT2D eigenvalue weighted by Crippen LogP contribution is 2.52. The van der Waals surface area contributed by atoms with Gasteiger partial charge in [0.15, 0.2) is 0 Å². The van der Waals surface area contributed by atoms with E-state index < -0.39 is 0 Å². The Morgan fingerprint density at radius 1 is 1.30 bits per heavy atom. The van der Waals surface area contributed by atoms with Crippen LogP contribution in [0.15, 0.2) is 12.2 Å². The van der Waals surface area contributed by atoms with Crippen molar-refractivity contribution in [1.82, 2.24) is 0 Å². The molecule has 1 saturated carbocycles. The summed E-state index contributed by atoms with van der Waals surface area (Å²) in [5, 5.41) is 0. The molecule has 0 aromatic carbocycles. The van der Waals surface area contributed by atoms with E-state index in [0.717, 1.165) is 5.41 Å². The van der Waals surface area contributed by atoms with Crippen molar-refractivity contribution in [3.05, 3.63) is 18.1 Å². The van der Waals surface area contributed by atoms with Crippen LogP contribution in [0.2, 0.25) is 0 Å². The first-order valence-corrected chi connectivity index (χ1v) is 4.27. The summed E-state index contributed by atoms with van der Waals surface area (Å²) in [7, 11) is 0. The molecule has 0 aliphatic heterocycles. The molecule has 0 heteroatoms. The van der Waals surface area contributed by atoms with Crippen molar-refractivity contribution in [2.45, 2.75) is 39.0 Å². The Morgan fingerprint density at radius 3 is 2.40 bits per heavy atom. The van der Waals surface area contributed by atoms with Crippen LogP contribution in [0, 0.1) is 11.3 Å². The lowest BCUT2D eigenvalue weighted by Crippen LogP contribution is -2.00. The quantitative estimate of drug-likeness (QED) is 0.510. The number of hydrogen-bond acceptors (Lipinski definition) is 0. The first-order chi connectivity index (χ1) is 4.79. The second-order valence-corrected chi connectivity index (χ2v) is 4.12. The molecule has 0 N–H and O–H groups in total. The highest BCUT2D eigenvalue weighted by molar-refractivity contribution is 5.14. The summed E-state index contributed by atoms with van der Waals surface area (Å²) in [5.41, 5.74) is 0.737. The summed E-state index contributed by atoms with van der Waals surface area (Å²) in [6.07, 6.45) is 11.5. The molecule has 0 atom stereocenters. The van der Waals surface area contributed by atoms with Crippen molar-refractivity contribution < 1.29 is 0 Å². The van der Waals surface area contributed by atoms with Gasteiger partial charge in [0.1, 0.15) is 0 Å². The molecular formula is C10H15. The number of hydrogen-bond donors (Lipinski definition) is 0. The Labute approximate surface area is 63.3 Å². The average molecular weight is 135 g/mol. The van der Waals surface area contributed by atoms with Crippen molar-refractivity contribution in [1.29, 1.82) is 0 Å². The molecule has 2 aliphatic rings. The van der Waals surface area contributed by atoms with Crippen LogP contribution in [0.4, 0.5) is 0 Å². The van der Waals surface area contributed by atoms with Crippen LogP contribution in [-0.2, 0) is 0 Å². The Hall–Kier alpha value is -0.260. The van der Waals surface area contributed by atoms with Crippen molar-refractivity contribution in [2.24, 2.45) is 5.41 Å². The first-order valence-electron chi connectivity index (χ1n) is 4.27. The van der Waals surface area contributed by atoms with E-state index in [1.165, 1.54) is 32.1 Å². The van der Waals surface area contributed by atoms with Gasteiger partial charge in [0.25, 0.3) is 0 Å². The topological polar surface area (TPSA) is 0 Å². The lowest BCUT2D eigenvalue weighted by atomic mass is 9.92. The van der Waals surface area contributed by atoms with Gasteiger partial charge in [-0.05, 0) is 43.4 Å². The van der Waals surface area contributed by atoms with E-state index in [4.69, 9.17) is 0 Å². The van der Waals surface area contributed by atoms with Crippen LogP contribution in [0.25, 0.3) is 0 Å². The van der Waals surface area contributed by atoms with Crippen molar-refractivity contribution in [3.63, 3.8) is 0 Å². The zero-order chi connectivity index (χ0) is 7.03. The van der Waals surface area contributed by atoms with Gasteiger partial charge in [0, 0.05) is 0 Å². The van der Waals surface area contributed by atoms with E-state index in [1.807, 2.05) is 0 Å². The third-order valence-corrected chi connectivity index (χ3v) is 2.76. The van der Waals surface area contributed by atoms with Gasteiger partial charge in [-0.2, -0.15) is 0 Å². The normalized spacial score (nSPS) is 29.3. The zero-order valence-electron chi connectivity index (χ0n) is 6.69. The maximum absolute atomic E-state index is 2.42. The summed E-state index contributed by atoms with van der Waals surface area (Å²) >= 11 is 0. The lowest BCUT2D eigenvalue weighted by Gasteiger charge is -2.13. The molecule has 0 unspecified atom stereocenters. The summed E-state index contributed by atoms with van der Waals surface area (Å²) in [4.78, 5) is 0. The van der Waals surface area contributed by atoms with E-state index in [-0.39, 0.29) is 0 Å². The SMILES string of the molecule is CC1(C[C]2CC=CC2)CC1. The maximum Gasteiger partial charge on any atom is -0.0161 e. The maximum atomic E-state index is 2.42. The molecule has 0 spiro atoms. The predicted molar refractivity (Wildman–Crippen MR) is 43.6 cm³/mol. The highest BCUT2D eigenvalue weighted by atomic mass is 14.4. The monoisotopic (exact) mass is 135 g/mol. The van der Waals surface area contributed by atoms with Gasteiger partial charge in [-0.1, -0.05) is 19.1 Å². The van der Waals surface area contributed by atoms with Gasteiger partial charge in [-0.3, -0.25) is 0 Å². The molecule has 0 amide bonds. The predicted octanol–water partition coefficient (Wildman–Crippen LogP) is 3.10. The molecule has 0 bridgehead atoms. The first kappa shape index (κ1) is 6.45. The molecule has 1 radical (unpaired) electrons. The Balaban J connectivity index is 1.80. The third kappa shape index (κ3) is 1.25. The molecular weight excluding hydrogens is 120 g/mol. The molecule has 2 rings (SSSR count). The third-order valence-electron chi connectivity index (χ3n) is 2.76. The summed E-state index contributed by atoms with van der Waals surface area (Å²) in [6.45, 7) is 2.42. The van der Waals surface area contributed by atoms with Crippen LogP contribution in [0.1, 0.15) is 39.0 Å². The summed E-state index contributed by atoms with van der Waals surface area (Å²) in [5.74, 6) is 1.76. The molecule has 55 valence electrons. The molecule has 0 heterocycles. The van der Waals surface area contributed by atoms with Crippen molar-refractivity contribution in [3.8, 4) is 0 Å². The Kier molecular flexibility index (Phi) is 1.36. The minimum Gasteiger partial charge on any atom is -0.0879 e. The van der Waals surface area contributed by atoms with Gasteiger partial charge in [-0.25, -0.2) is 0 Å². The Bertz CT molecular complexity index is 143. The minimum atomic E-state index is 0.737. The second kappa shape index (κ2) is 2.11. The van der Waals surface area contributed by atoms with Crippen LogP contribution in [0.5, 0.6) is 0 Å².